The predicted molar refractivity (Wildman–Crippen MR) is 76.5 cm³/mol. The molecule has 106 valence electrons. The van der Waals surface area contributed by atoms with Crippen LogP contribution in [0.25, 0.3) is 0 Å². The third-order valence-electron chi connectivity index (χ3n) is 2.48. The van der Waals surface area contributed by atoms with E-state index in [1.807, 2.05) is 0 Å². The molecule has 0 aliphatic carbocycles. The van der Waals surface area contributed by atoms with Gasteiger partial charge >= 0.3 is 0 Å². The van der Waals surface area contributed by atoms with Crippen molar-refractivity contribution in [1.29, 1.82) is 0 Å². The minimum absolute atomic E-state index is 0.0676. The molecule has 0 bridgehead atoms. The quantitative estimate of drug-likeness (QED) is 0.774. The van der Waals surface area contributed by atoms with Crippen LogP contribution in [0.1, 0.15) is 10.4 Å². The summed E-state index contributed by atoms with van der Waals surface area (Å²) in [7, 11) is 4.69. The molecule has 5 nitrogen and oxygen atoms in total. The number of hydrogen-bond acceptors (Lipinski definition) is 4. The highest BCUT2D eigenvalue weighted by molar-refractivity contribution is 9.09. The number of carbonyl (C=O) groups excluding carboxylic acids is 1. The summed E-state index contributed by atoms with van der Waals surface area (Å²) >= 11 is 3.41. The first-order valence-corrected chi connectivity index (χ1v) is 6.67. The van der Waals surface area contributed by atoms with Crippen molar-refractivity contribution in [2.45, 2.75) is 4.83 Å². The number of hydrogen-bond donors (Lipinski definition) is 1. The normalized spacial score (nSPS) is 11.8. The van der Waals surface area contributed by atoms with E-state index in [0.29, 0.717) is 30.2 Å². The van der Waals surface area contributed by atoms with Gasteiger partial charge in [-0.1, -0.05) is 15.9 Å². The van der Waals surface area contributed by atoms with Crippen LogP contribution in [0.15, 0.2) is 18.2 Å². The average Bonchev–Trinajstić information content (AvgIpc) is 2.44. The van der Waals surface area contributed by atoms with E-state index in [2.05, 4.69) is 21.2 Å². The molecule has 1 unspecified atom stereocenters. The molecule has 1 N–H and O–H groups in total. The first-order valence-electron chi connectivity index (χ1n) is 5.75. The largest absolute Gasteiger partial charge is 0.497 e. The standard InChI is InChI=1S/C13H18BrNO4/c1-17-8-9(14)7-15-13(16)11-6-10(18-2)4-5-12(11)19-3/h4-6,9H,7-8H2,1-3H3,(H,15,16). The highest BCUT2D eigenvalue weighted by Gasteiger charge is 2.14. The number of benzene rings is 1. The number of methoxy groups -OCH3 is 3. The zero-order chi connectivity index (χ0) is 14.3. The Labute approximate surface area is 121 Å². The summed E-state index contributed by atoms with van der Waals surface area (Å²) in [6.45, 7) is 0.989. The third kappa shape index (κ3) is 4.72. The fourth-order valence-corrected chi connectivity index (χ4v) is 1.96. The van der Waals surface area contributed by atoms with Gasteiger partial charge in [-0.25, -0.2) is 0 Å². The topological polar surface area (TPSA) is 56.8 Å². The van der Waals surface area contributed by atoms with Crippen LogP contribution in [0, 0.1) is 0 Å². The lowest BCUT2D eigenvalue weighted by atomic mass is 10.1. The third-order valence-corrected chi connectivity index (χ3v) is 3.07. The molecule has 0 aromatic heterocycles. The summed E-state index contributed by atoms with van der Waals surface area (Å²) in [6, 6.07) is 5.09. The van der Waals surface area contributed by atoms with Gasteiger partial charge in [0.25, 0.3) is 5.91 Å². The van der Waals surface area contributed by atoms with Crippen LogP contribution in [-0.2, 0) is 4.74 Å². The zero-order valence-electron chi connectivity index (χ0n) is 11.2. The molecular formula is C13H18BrNO4. The van der Waals surface area contributed by atoms with Crippen LogP contribution >= 0.6 is 15.9 Å². The molecular weight excluding hydrogens is 314 g/mol. The Kier molecular flexibility index (Phi) is 6.66. The summed E-state index contributed by atoms with van der Waals surface area (Å²) in [5, 5.41) is 2.81. The minimum Gasteiger partial charge on any atom is -0.497 e. The lowest BCUT2D eigenvalue weighted by molar-refractivity contribution is 0.0946. The van der Waals surface area contributed by atoms with E-state index in [1.54, 1.807) is 32.4 Å². The molecule has 0 radical (unpaired) electrons. The summed E-state index contributed by atoms with van der Waals surface area (Å²) in [6.07, 6.45) is 0. The van der Waals surface area contributed by atoms with E-state index < -0.39 is 0 Å². The fraction of sp³-hybridized carbons (Fsp3) is 0.462. The van der Waals surface area contributed by atoms with Crippen molar-refractivity contribution < 1.29 is 19.0 Å². The number of halogens is 1. The summed E-state index contributed by atoms with van der Waals surface area (Å²) in [5.74, 6) is 0.908. The maximum atomic E-state index is 12.1. The van der Waals surface area contributed by atoms with Gasteiger partial charge in [-0.05, 0) is 18.2 Å². The van der Waals surface area contributed by atoms with Crippen molar-refractivity contribution in [3.8, 4) is 11.5 Å². The van der Waals surface area contributed by atoms with Crippen molar-refractivity contribution in [3.05, 3.63) is 23.8 Å². The Hall–Kier alpha value is -1.27. The van der Waals surface area contributed by atoms with Crippen molar-refractivity contribution in [1.82, 2.24) is 5.32 Å². The molecule has 0 aliphatic rings. The van der Waals surface area contributed by atoms with E-state index in [0.717, 1.165) is 0 Å². The molecule has 1 atom stereocenters. The van der Waals surface area contributed by atoms with Crippen LogP contribution in [-0.4, -0.2) is 45.2 Å². The van der Waals surface area contributed by atoms with Gasteiger partial charge in [-0.2, -0.15) is 0 Å². The molecule has 19 heavy (non-hydrogen) atoms. The van der Waals surface area contributed by atoms with Crippen LogP contribution in [0.3, 0.4) is 0 Å². The van der Waals surface area contributed by atoms with Gasteiger partial charge in [0.2, 0.25) is 0 Å². The monoisotopic (exact) mass is 331 g/mol. The Morgan fingerprint density at radius 1 is 1.32 bits per heavy atom. The van der Waals surface area contributed by atoms with E-state index in [4.69, 9.17) is 14.2 Å². The van der Waals surface area contributed by atoms with Crippen molar-refractivity contribution in [2.24, 2.45) is 0 Å². The van der Waals surface area contributed by atoms with Gasteiger partial charge in [0.15, 0.2) is 0 Å². The van der Waals surface area contributed by atoms with Gasteiger partial charge in [-0.3, -0.25) is 4.79 Å². The molecule has 1 amide bonds. The molecule has 1 rings (SSSR count). The van der Waals surface area contributed by atoms with Crippen molar-refractivity contribution in [3.63, 3.8) is 0 Å². The van der Waals surface area contributed by atoms with Gasteiger partial charge in [-0.15, -0.1) is 0 Å². The lowest BCUT2D eigenvalue weighted by Crippen LogP contribution is -2.31. The van der Waals surface area contributed by atoms with Gasteiger partial charge in [0.05, 0.1) is 31.2 Å². The number of ether oxygens (including phenoxy) is 3. The molecule has 0 heterocycles. The maximum Gasteiger partial charge on any atom is 0.255 e. The zero-order valence-corrected chi connectivity index (χ0v) is 12.8. The molecule has 1 aromatic carbocycles. The van der Waals surface area contributed by atoms with E-state index in [1.165, 1.54) is 7.11 Å². The SMILES string of the molecule is COCC(Br)CNC(=O)c1cc(OC)ccc1OC. The Bertz CT molecular complexity index is 425. The number of alkyl halides is 1. The second-order valence-corrected chi connectivity index (χ2v) is 5.12. The van der Waals surface area contributed by atoms with Crippen LogP contribution in [0.2, 0.25) is 0 Å². The average molecular weight is 332 g/mol. The first-order chi connectivity index (χ1) is 9.12. The maximum absolute atomic E-state index is 12.1. The first kappa shape index (κ1) is 15.8. The molecule has 0 aliphatic heterocycles. The smallest absolute Gasteiger partial charge is 0.255 e. The van der Waals surface area contributed by atoms with Gasteiger partial charge in [0, 0.05) is 13.7 Å². The Balaban J connectivity index is 2.74. The van der Waals surface area contributed by atoms with Crippen molar-refractivity contribution in [2.75, 3.05) is 34.5 Å². The second-order valence-electron chi connectivity index (χ2n) is 3.83. The summed E-state index contributed by atoms with van der Waals surface area (Å²) < 4.78 is 15.3. The van der Waals surface area contributed by atoms with Crippen molar-refractivity contribution >= 4 is 21.8 Å². The Morgan fingerprint density at radius 2 is 2.05 bits per heavy atom. The number of amides is 1. The Morgan fingerprint density at radius 3 is 2.63 bits per heavy atom. The number of rotatable bonds is 7. The van der Waals surface area contributed by atoms with E-state index >= 15 is 0 Å². The number of carbonyl (C=O) groups is 1. The van der Waals surface area contributed by atoms with E-state index in [-0.39, 0.29) is 10.7 Å². The fourth-order valence-electron chi connectivity index (χ4n) is 1.53. The molecule has 0 saturated heterocycles. The highest BCUT2D eigenvalue weighted by atomic mass is 79.9. The molecule has 0 saturated carbocycles. The van der Waals surface area contributed by atoms with Gasteiger partial charge < -0.3 is 19.5 Å². The number of nitrogens with one attached hydrogen (secondary N) is 1. The van der Waals surface area contributed by atoms with Crippen LogP contribution in [0.5, 0.6) is 11.5 Å². The predicted octanol–water partition coefficient (Wildman–Crippen LogP) is 1.84. The summed E-state index contributed by atoms with van der Waals surface area (Å²) in [5.41, 5.74) is 0.443. The molecule has 6 heteroatoms. The van der Waals surface area contributed by atoms with Crippen LogP contribution in [0.4, 0.5) is 0 Å². The minimum atomic E-state index is -0.212. The highest BCUT2D eigenvalue weighted by Crippen LogP contribution is 2.23. The second kappa shape index (κ2) is 8.01. The lowest BCUT2D eigenvalue weighted by Gasteiger charge is -2.13. The van der Waals surface area contributed by atoms with E-state index in [9.17, 15) is 4.79 Å². The molecule has 0 spiro atoms. The molecule has 1 aromatic rings. The molecule has 0 fully saturated rings. The van der Waals surface area contributed by atoms with Gasteiger partial charge in [0.1, 0.15) is 11.5 Å². The van der Waals surface area contributed by atoms with Crippen LogP contribution < -0.4 is 14.8 Å². The summed E-state index contributed by atoms with van der Waals surface area (Å²) in [4.78, 5) is 12.2.